The summed E-state index contributed by atoms with van der Waals surface area (Å²) in [6.07, 6.45) is -0.0782. The molecule has 0 fully saturated rings. The molecule has 3 aromatic rings. The molecule has 2 heterocycles. The Labute approximate surface area is 183 Å². The fourth-order valence-electron chi connectivity index (χ4n) is 3.67. The van der Waals surface area contributed by atoms with Gasteiger partial charge in [0.1, 0.15) is 12.7 Å². The monoisotopic (exact) mass is 419 g/mol. The Morgan fingerprint density at radius 3 is 2.58 bits per heavy atom. The molecule has 1 aliphatic rings. The molecule has 1 unspecified atom stereocenters. The Hall–Kier alpha value is -3.48. The molecule has 0 radical (unpaired) electrons. The average molecular weight is 420 g/mol. The number of ether oxygens (including phenoxy) is 2. The van der Waals surface area contributed by atoms with Crippen LogP contribution < -0.4 is 20.1 Å². The topological polar surface area (TPSA) is 72.7 Å². The molecule has 7 nitrogen and oxygen atoms in total. The lowest BCUT2D eigenvalue weighted by Gasteiger charge is -2.27. The number of hydrogen-bond acceptors (Lipinski definition) is 4. The highest BCUT2D eigenvalue weighted by atomic mass is 16.6. The number of aromatic nitrogens is 2. The van der Waals surface area contributed by atoms with Crippen LogP contribution in [0.1, 0.15) is 22.5 Å². The van der Waals surface area contributed by atoms with E-state index in [0.29, 0.717) is 19.7 Å². The second kappa shape index (κ2) is 9.55. The molecule has 31 heavy (non-hydrogen) atoms. The lowest BCUT2D eigenvalue weighted by molar-refractivity contribution is 0.0936. The Bertz CT molecular complexity index is 1050. The molecule has 1 aliphatic heterocycles. The zero-order chi connectivity index (χ0) is 21.6. The minimum absolute atomic E-state index is 0.0782. The van der Waals surface area contributed by atoms with Crippen LogP contribution in [-0.4, -0.2) is 42.0 Å². The van der Waals surface area contributed by atoms with Gasteiger partial charge in [-0.2, -0.15) is 5.10 Å². The molecule has 0 saturated heterocycles. The number of fused-ring (bicyclic) bond motifs is 1. The highest BCUT2D eigenvalue weighted by Gasteiger charge is 2.21. The number of guanidine groups is 1. The first kappa shape index (κ1) is 20.8. The molecule has 0 amide bonds. The molecule has 0 bridgehead atoms. The van der Waals surface area contributed by atoms with Crippen LogP contribution in [0.25, 0.3) is 0 Å². The van der Waals surface area contributed by atoms with Gasteiger partial charge in [-0.05, 0) is 31.5 Å². The van der Waals surface area contributed by atoms with Gasteiger partial charge in [-0.3, -0.25) is 9.67 Å². The summed E-state index contributed by atoms with van der Waals surface area (Å²) in [6.45, 7) is 6.68. The summed E-state index contributed by atoms with van der Waals surface area (Å²) in [5.74, 6) is 2.29. The molecule has 1 aromatic heterocycles. The van der Waals surface area contributed by atoms with Crippen molar-refractivity contribution in [3.05, 3.63) is 77.1 Å². The van der Waals surface area contributed by atoms with Crippen molar-refractivity contribution in [3.8, 4) is 11.5 Å². The van der Waals surface area contributed by atoms with E-state index in [9.17, 15) is 0 Å². The normalized spacial score (nSPS) is 15.6. The first-order valence-electron chi connectivity index (χ1n) is 10.5. The molecule has 162 valence electrons. The highest BCUT2D eigenvalue weighted by molar-refractivity contribution is 5.79. The van der Waals surface area contributed by atoms with Crippen LogP contribution in [0.2, 0.25) is 0 Å². The number of nitrogens with zero attached hydrogens (tertiary/aromatic N) is 3. The fraction of sp³-hybridized carbons (Fsp3) is 0.333. The lowest BCUT2D eigenvalue weighted by atomic mass is 10.2. The van der Waals surface area contributed by atoms with Crippen LogP contribution in [0.4, 0.5) is 0 Å². The second-order valence-corrected chi connectivity index (χ2v) is 7.60. The first-order valence-corrected chi connectivity index (χ1v) is 10.5. The third-order valence-electron chi connectivity index (χ3n) is 5.43. The second-order valence-electron chi connectivity index (χ2n) is 7.60. The van der Waals surface area contributed by atoms with Gasteiger partial charge in [-0.25, -0.2) is 0 Å². The maximum atomic E-state index is 6.00. The first-order chi connectivity index (χ1) is 15.1. The van der Waals surface area contributed by atoms with Crippen molar-refractivity contribution < 1.29 is 9.47 Å². The molecular weight excluding hydrogens is 390 g/mol. The van der Waals surface area contributed by atoms with Gasteiger partial charge < -0.3 is 20.1 Å². The van der Waals surface area contributed by atoms with Gasteiger partial charge in [0.15, 0.2) is 17.5 Å². The van der Waals surface area contributed by atoms with Crippen molar-refractivity contribution >= 4 is 5.96 Å². The average Bonchev–Trinajstić information content (AvgIpc) is 3.06. The summed E-state index contributed by atoms with van der Waals surface area (Å²) in [5.41, 5.74) is 4.60. The number of aliphatic imine (C=N–C) groups is 1. The minimum atomic E-state index is -0.0782. The van der Waals surface area contributed by atoms with Crippen LogP contribution in [0.3, 0.4) is 0 Å². The third kappa shape index (κ3) is 4.99. The van der Waals surface area contributed by atoms with Crippen molar-refractivity contribution in [2.45, 2.75) is 33.0 Å². The largest absolute Gasteiger partial charge is 0.486 e. The Morgan fingerprint density at radius 1 is 1.06 bits per heavy atom. The van der Waals surface area contributed by atoms with E-state index >= 15 is 0 Å². The summed E-state index contributed by atoms with van der Waals surface area (Å²) in [5, 5.41) is 11.5. The van der Waals surface area contributed by atoms with Gasteiger partial charge in [0, 0.05) is 24.8 Å². The highest BCUT2D eigenvalue weighted by Crippen LogP contribution is 2.30. The minimum Gasteiger partial charge on any atom is -0.486 e. The van der Waals surface area contributed by atoms with Gasteiger partial charge in [-0.15, -0.1) is 0 Å². The Kier molecular flexibility index (Phi) is 6.40. The van der Waals surface area contributed by atoms with Crippen molar-refractivity contribution in [1.82, 2.24) is 20.4 Å². The van der Waals surface area contributed by atoms with Crippen LogP contribution in [0.5, 0.6) is 11.5 Å². The van der Waals surface area contributed by atoms with Crippen LogP contribution in [0.15, 0.2) is 59.6 Å². The van der Waals surface area contributed by atoms with Gasteiger partial charge in [0.2, 0.25) is 0 Å². The van der Waals surface area contributed by atoms with Crippen LogP contribution >= 0.6 is 0 Å². The van der Waals surface area contributed by atoms with Crippen LogP contribution in [-0.2, 0) is 13.1 Å². The Balaban J connectivity index is 1.32. The standard InChI is InChI=1S/C24H29N5O2/c1-17-21(18(2)29(28-17)15-19-9-5-4-6-10-19)14-27-24(25-3)26-13-20-16-30-22-11-7-8-12-23(22)31-20/h4-12,20H,13-16H2,1-3H3,(H2,25,26,27). The summed E-state index contributed by atoms with van der Waals surface area (Å²) in [4.78, 5) is 4.34. The molecule has 7 heteroatoms. The lowest BCUT2D eigenvalue weighted by Crippen LogP contribution is -2.45. The number of hydrogen-bond donors (Lipinski definition) is 2. The van der Waals surface area contributed by atoms with E-state index in [1.54, 1.807) is 7.05 Å². The molecule has 0 saturated carbocycles. The molecular formula is C24H29N5O2. The zero-order valence-corrected chi connectivity index (χ0v) is 18.3. The molecule has 0 aliphatic carbocycles. The van der Waals surface area contributed by atoms with Crippen molar-refractivity contribution in [3.63, 3.8) is 0 Å². The van der Waals surface area contributed by atoms with E-state index in [1.165, 1.54) is 11.1 Å². The zero-order valence-electron chi connectivity index (χ0n) is 18.3. The molecule has 2 N–H and O–H groups in total. The predicted molar refractivity (Wildman–Crippen MR) is 122 cm³/mol. The third-order valence-corrected chi connectivity index (χ3v) is 5.43. The fourth-order valence-corrected chi connectivity index (χ4v) is 3.67. The number of aryl methyl sites for hydroxylation is 1. The van der Waals surface area contributed by atoms with E-state index in [4.69, 9.17) is 14.6 Å². The number of benzene rings is 2. The molecule has 2 aromatic carbocycles. The van der Waals surface area contributed by atoms with Gasteiger partial charge in [0.05, 0.1) is 18.8 Å². The number of para-hydroxylation sites is 2. The molecule has 4 rings (SSSR count). The summed E-state index contributed by atoms with van der Waals surface area (Å²) < 4.78 is 13.8. The van der Waals surface area contributed by atoms with Crippen molar-refractivity contribution in [2.24, 2.45) is 4.99 Å². The van der Waals surface area contributed by atoms with E-state index in [2.05, 4.69) is 51.5 Å². The maximum Gasteiger partial charge on any atom is 0.191 e. The maximum absolute atomic E-state index is 6.00. The molecule has 0 spiro atoms. The van der Waals surface area contributed by atoms with E-state index in [-0.39, 0.29) is 6.10 Å². The van der Waals surface area contributed by atoms with Crippen molar-refractivity contribution in [1.29, 1.82) is 0 Å². The van der Waals surface area contributed by atoms with E-state index < -0.39 is 0 Å². The summed E-state index contributed by atoms with van der Waals surface area (Å²) in [7, 11) is 1.77. The predicted octanol–water partition coefficient (Wildman–Crippen LogP) is 3.05. The SMILES string of the molecule is CN=C(NCc1c(C)nn(Cc2ccccc2)c1C)NCC1COc2ccccc2O1. The van der Waals surface area contributed by atoms with E-state index in [0.717, 1.165) is 35.4 Å². The summed E-state index contributed by atoms with van der Waals surface area (Å²) in [6, 6.07) is 18.1. The van der Waals surface area contributed by atoms with Gasteiger partial charge >= 0.3 is 0 Å². The van der Waals surface area contributed by atoms with Crippen molar-refractivity contribution in [2.75, 3.05) is 20.2 Å². The molecule has 1 atom stereocenters. The van der Waals surface area contributed by atoms with E-state index in [1.807, 2.05) is 37.3 Å². The van der Waals surface area contributed by atoms with Gasteiger partial charge in [0.25, 0.3) is 0 Å². The summed E-state index contributed by atoms with van der Waals surface area (Å²) >= 11 is 0. The van der Waals surface area contributed by atoms with Crippen LogP contribution in [0, 0.1) is 13.8 Å². The van der Waals surface area contributed by atoms with Gasteiger partial charge in [-0.1, -0.05) is 42.5 Å². The quantitative estimate of drug-likeness (QED) is 0.475. The number of rotatable bonds is 6. The Morgan fingerprint density at radius 2 is 1.81 bits per heavy atom. The smallest absolute Gasteiger partial charge is 0.191 e. The number of nitrogens with one attached hydrogen (secondary N) is 2.